The molecule has 1 aromatic carbocycles. The molecule has 1 aliphatic rings. The lowest BCUT2D eigenvalue weighted by atomic mass is 9.96. The molecule has 3 aromatic rings. The molecule has 0 atom stereocenters. The number of aryl methyl sites for hydroxylation is 4. The minimum Gasteiger partial charge on any atom is -0.350 e. The van der Waals surface area contributed by atoms with Gasteiger partial charge >= 0.3 is 0 Å². The van der Waals surface area contributed by atoms with Crippen molar-refractivity contribution >= 4 is 16.8 Å². The van der Waals surface area contributed by atoms with E-state index in [-0.39, 0.29) is 5.91 Å². The van der Waals surface area contributed by atoms with Crippen molar-refractivity contribution in [1.82, 2.24) is 19.4 Å². The van der Waals surface area contributed by atoms with E-state index in [0.29, 0.717) is 5.92 Å². The van der Waals surface area contributed by atoms with Gasteiger partial charge in [-0.15, -0.1) is 0 Å². The number of carbonyl (C=O) groups excluding carboxylic acids is 1. The number of amides is 1. The monoisotopic (exact) mass is 364 g/mol. The third-order valence-electron chi connectivity index (χ3n) is 6.12. The highest BCUT2D eigenvalue weighted by Gasteiger charge is 2.27. The first-order chi connectivity index (χ1) is 13.0. The summed E-state index contributed by atoms with van der Waals surface area (Å²) in [5, 5.41) is 1.20. The second-order valence-electron chi connectivity index (χ2n) is 7.94. The summed E-state index contributed by atoms with van der Waals surface area (Å²) in [6, 6.07) is 4.25. The van der Waals surface area contributed by atoms with E-state index in [0.717, 1.165) is 55.1 Å². The molecule has 5 nitrogen and oxygen atoms in total. The normalized spacial score (nSPS) is 15.6. The van der Waals surface area contributed by atoms with Crippen LogP contribution in [0.5, 0.6) is 0 Å². The van der Waals surface area contributed by atoms with Gasteiger partial charge in [-0.3, -0.25) is 4.79 Å². The average molecular weight is 364 g/mol. The van der Waals surface area contributed by atoms with Crippen LogP contribution in [0.15, 0.2) is 24.5 Å². The minimum atomic E-state index is 0.139. The lowest BCUT2D eigenvalue weighted by Crippen LogP contribution is -2.39. The Morgan fingerprint density at radius 3 is 2.48 bits per heavy atom. The van der Waals surface area contributed by atoms with Crippen LogP contribution in [0.25, 0.3) is 10.9 Å². The quantitative estimate of drug-likeness (QED) is 0.759. The van der Waals surface area contributed by atoms with E-state index >= 15 is 0 Å². The van der Waals surface area contributed by atoms with Gasteiger partial charge in [0.15, 0.2) is 0 Å². The Labute approximate surface area is 160 Å². The first-order valence-electron chi connectivity index (χ1n) is 9.81. The maximum absolute atomic E-state index is 13.2. The van der Waals surface area contributed by atoms with E-state index in [1.165, 1.54) is 16.5 Å². The van der Waals surface area contributed by atoms with Crippen molar-refractivity contribution in [2.45, 2.75) is 47.1 Å². The number of nitrogens with zero attached hydrogens (tertiary/aromatic N) is 3. The summed E-state index contributed by atoms with van der Waals surface area (Å²) in [6.45, 7) is 11.0. The van der Waals surface area contributed by atoms with E-state index in [1.54, 1.807) is 0 Å². The molecule has 1 amide bonds. The number of piperidine rings is 1. The fourth-order valence-corrected chi connectivity index (χ4v) is 4.36. The largest absolute Gasteiger partial charge is 0.350 e. The number of aromatic amines is 1. The van der Waals surface area contributed by atoms with Crippen LogP contribution in [-0.4, -0.2) is 38.4 Å². The van der Waals surface area contributed by atoms with Crippen molar-refractivity contribution in [3.63, 3.8) is 0 Å². The number of aromatic nitrogens is 3. The molecule has 4 rings (SSSR count). The smallest absolute Gasteiger partial charge is 0.270 e. The molecule has 2 aromatic heterocycles. The number of rotatable bonds is 3. The fraction of sp³-hybridized carbons (Fsp3) is 0.455. The van der Waals surface area contributed by atoms with Gasteiger partial charge < -0.3 is 14.5 Å². The van der Waals surface area contributed by atoms with E-state index < -0.39 is 0 Å². The number of hydrogen-bond acceptors (Lipinski definition) is 2. The van der Waals surface area contributed by atoms with Crippen LogP contribution in [-0.2, 0) is 6.54 Å². The molecule has 0 saturated carbocycles. The molecule has 0 radical (unpaired) electrons. The van der Waals surface area contributed by atoms with Crippen molar-refractivity contribution in [2.24, 2.45) is 5.92 Å². The van der Waals surface area contributed by atoms with E-state index in [4.69, 9.17) is 0 Å². The molecule has 1 saturated heterocycles. The van der Waals surface area contributed by atoms with Crippen LogP contribution >= 0.6 is 0 Å². The number of fused-ring (bicyclic) bond motifs is 1. The Kier molecular flexibility index (Phi) is 4.54. The third kappa shape index (κ3) is 3.15. The molecule has 0 unspecified atom stereocenters. The second kappa shape index (κ2) is 6.87. The fourth-order valence-electron chi connectivity index (χ4n) is 4.36. The zero-order chi connectivity index (χ0) is 19.1. The molecule has 5 heteroatoms. The van der Waals surface area contributed by atoms with Crippen molar-refractivity contribution in [2.75, 3.05) is 13.1 Å². The molecular formula is C22H28N4O. The Morgan fingerprint density at radius 2 is 1.85 bits per heavy atom. The van der Waals surface area contributed by atoms with E-state index in [2.05, 4.69) is 47.4 Å². The maximum atomic E-state index is 13.2. The van der Waals surface area contributed by atoms with Crippen LogP contribution in [0.4, 0.5) is 0 Å². The summed E-state index contributed by atoms with van der Waals surface area (Å²) in [5.41, 5.74) is 5.34. The SMILES string of the molecule is Cc1ccc(C)c2c(C)c(C(=O)N3CCC(Cn4ccnc4C)CC3)[nH]c12. The lowest BCUT2D eigenvalue weighted by Gasteiger charge is -2.32. The van der Waals surface area contributed by atoms with Gasteiger partial charge in [0.2, 0.25) is 0 Å². The molecular weight excluding hydrogens is 336 g/mol. The average Bonchev–Trinajstić information content (AvgIpc) is 3.22. The standard InChI is InChI=1S/C22H28N4O/c1-14-5-6-15(2)20-19(14)16(3)21(24-20)22(27)25-10-7-18(8-11-25)13-26-12-9-23-17(26)4/h5-6,9,12,18,24H,7-8,10-11,13H2,1-4H3. The number of H-pyrrole nitrogens is 1. The predicted octanol–water partition coefficient (Wildman–Crippen LogP) is 4.15. The van der Waals surface area contributed by atoms with Gasteiger partial charge in [-0.05, 0) is 63.1 Å². The van der Waals surface area contributed by atoms with E-state index in [1.807, 2.05) is 24.2 Å². The number of likely N-dealkylation sites (tertiary alicyclic amines) is 1. The summed E-state index contributed by atoms with van der Waals surface area (Å²) < 4.78 is 2.22. The van der Waals surface area contributed by atoms with Gasteiger partial charge in [-0.25, -0.2) is 4.98 Å². The number of imidazole rings is 1. The van der Waals surface area contributed by atoms with Crippen molar-refractivity contribution in [3.8, 4) is 0 Å². The Morgan fingerprint density at radius 1 is 1.15 bits per heavy atom. The van der Waals surface area contributed by atoms with Crippen LogP contribution in [0.2, 0.25) is 0 Å². The molecule has 1 N–H and O–H groups in total. The van der Waals surface area contributed by atoms with Crippen molar-refractivity contribution in [3.05, 3.63) is 52.7 Å². The van der Waals surface area contributed by atoms with Crippen molar-refractivity contribution in [1.29, 1.82) is 0 Å². The number of benzene rings is 1. The van der Waals surface area contributed by atoms with Gasteiger partial charge in [0.05, 0.1) is 0 Å². The third-order valence-corrected chi connectivity index (χ3v) is 6.12. The molecule has 3 heterocycles. The second-order valence-corrected chi connectivity index (χ2v) is 7.94. The summed E-state index contributed by atoms with van der Waals surface area (Å²) in [4.78, 5) is 22.9. The number of carbonyl (C=O) groups is 1. The molecule has 0 spiro atoms. The van der Waals surface area contributed by atoms with Gasteiger partial charge in [-0.2, -0.15) is 0 Å². The van der Waals surface area contributed by atoms with Crippen LogP contribution < -0.4 is 0 Å². The highest BCUT2D eigenvalue weighted by molar-refractivity contribution is 6.02. The maximum Gasteiger partial charge on any atom is 0.270 e. The zero-order valence-electron chi connectivity index (χ0n) is 16.7. The number of nitrogens with one attached hydrogen (secondary N) is 1. The summed E-state index contributed by atoms with van der Waals surface area (Å²) in [6.07, 6.45) is 5.99. The molecule has 27 heavy (non-hydrogen) atoms. The highest BCUT2D eigenvalue weighted by atomic mass is 16.2. The molecule has 1 fully saturated rings. The molecule has 0 aliphatic carbocycles. The Hall–Kier alpha value is -2.56. The zero-order valence-corrected chi connectivity index (χ0v) is 16.7. The summed E-state index contributed by atoms with van der Waals surface area (Å²) in [5.74, 6) is 1.81. The van der Waals surface area contributed by atoms with Gasteiger partial charge in [-0.1, -0.05) is 12.1 Å². The van der Waals surface area contributed by atoms with Gasteiger partial charge in [0, 0.05) is 42.9 Å². The lowest BCUT2D eigenvalue weighted by molar-refractivity contribution is 0.0677. The van der Waals surface area contributed by atoms with Crippen LogP contribution in [0.1, 0.15) is 45.8 Å². The predicted molar refractivity (Wildman–Crippen MR) is 108 cm³/mol. The number of hydrogen-bond donors (Lipinski definition) is 1. The summed E-state index contributed by atoms with van der Waals surface area (Å²) >= 11 is 0. The summed E-state index contributed by atoms with van der Waals surface area (Å²) in [7, 11) is 0. The molecule has 0 bridgehead atoms. The minimum absolute atomic E-state index is 0.139. The first kappa shape index (κ1) is 17.8. The molecule has 142 valence electrons. The first-order valence-corrected chi connectivity index (χ1v) is 9.81. The Balaban J connectivity index is 1.49. The highest BCUT2D eigenvalue weighted by Crippen LogP contribution is 2.29. The molecule has 1 aliphatic heterocycles. The van der Waals surface area contributed by atoms with Gasteiger partial charge in [0.1, 0.15) is 11.5 Å². The topological polar surface area (TPSA) is 53.9 Å². The van der Waals surface area contributed by atoms with Crippen LogP contribution in [0.3, 0.4) is 0 Å². The van der Waals surface area contributed by atoms with Gasteiger partial charge in [0.25, 0.3) is 5.91 Å². The van der Waals surface area contributed by atoms with Crippen LogP contribution in [0, 0.1) is 33.6 Å². The Bertz CT molecular complexity index is 989. The van der Waals surface area contributed by atoms with E-state index in [9.17, 15) is 4.79 Å². The van der Waals surface area contributed by atoms with Crippen molar-refractivity contribution < 1.29 is 4.79 Å².